The van der Waals surface area contributed by atoms with Crippen LogP contribution in [0.3, 0.4) is 0 Å². The maximum absolute atomic E-state index is 8.33. The molecule has 0 aliphatic heterocycles. The number of thiophene rings is 1. The van der Waals surface area contributed by atoms with Crippen LogP contribution in [0.4, 0.5) is 0 Å². The van der Waals surface area contributed by atoms with Gasteiger partial charge in [-0.2, -0.15) is 10.5 Å². The first-order valence-corrected chi connectivity index (χ1v) is 3.00. The molecular weight excluding hydrogens is 132 g/mol. The van der Waals surface area contributed by atoms with Crippen LogP contribution in [-0.2, 0) is 0 Å². The topological polar surface area (TPSA) is 47.6 Å². The van der Waals surface area contributed by atoms with E-state index < -0.39 is 0 Å². The van der Waals surface area contributed by atoms with Gasteiger partial charge in [0, 0.05) is 5.38 Å². The fourth-order valence-corrected chi connectivity index (χ4v) is 0.989. The molecule has 2 nitrogen and oxygen atoms in total. The average Bonchev–Trinajstić information content (AvgIpc) is 2.33. The Morgan fingerprint density at radius 1 is 1.44 bits per heavy atom. The van der Waals surface area contributed by atoms with Crippen molar-refractivity contribution in [2.75, 3.05) is 0 Å². The molecule has 1 heterocycles. The highest BCUT2D eigenvalue weighted by atomic mass is 32.1. The van der Waals surface area contributed by atoms with Crippen molar-refractivity contribution >= 4 is 11.3 Å². The molecule has 0 atom stereocenters. The maximum atomic E-state index is 8.33. The highest BCUT2D eigenvalue weighted by Gasteiger charge is 1.99. The lowest BCUT2D eigenvalue weighted by Crippen LogP contribution is -1.68. The van der Waals surface area contributed by atoms with Crippen LogP contribution < -0.4 is 0 Å². The van der Waals surface area contributed by atoms with Crippen molar-refractivity contribution in [1.82, 2.24) is 0 Å². The first-order chi connectivity index (χ1) is 4.38. The molecule has 9 heavy (non-hydrogen) atoms. The number of nitriles is 2. The number of rotatable bonds is 0. The van der Waals surface area contributed by atoms with E-state index in [2.05, 4.69) is 5.38 Å². The summed E-state index contributed by atoms with van der Waals surface area (Å²) in [6.07, 6.45) is 0. The molecule has 1 aromatic rings. The van der Waals surface area contributed by atoms with Crippen molar-refractivity contribution in [2.24, 2.45) is 0 Å². The summed E-state index contributed by atoms with van der Waals surface area (Å²) in [5.74, 6) is 0. The minimum Gasteiger partial charge on any atom is -0.192 e. The monoisotopic (exact) mass is 133 g/mol. The Hall–Kier alpha value is -1.32. The van der Waals surface area contributed by atoms with Gasteiger partial charge in [0.1, 0.15) is 17.0 Å². The second-order valence-corrected chi connectivity index (χ2v) is 2.18. The third kappa shape index (κ3) is 0.910. The predicted octanol–water partition coefficient (Wildman–Crippen LogP) is 1.29. The molecule has 41 valence electrons. The Kier molecular flexibility index (Phi) is 1.48. The second-order valence-electron chi connectivity index (χ2n) is 1.33. The van der Waals surface area contributed by atoms with Gasteiger partial charge in [-0.15, -0.1) is 11.3 Å². The third-order valence-corrected chi connectivity index (χ3v) is 1.58. The van der Waals surface area contributed by atoms with Crippen LogP contribution in [0, 0.1) is 28.0 Å². The van der Waals surface area contributed by atoms with Crippen LogP contribution in [0.2, 0.25) is 0 Å². The molecule has 0 saturated carbocycles. The van der Waals surface area contributed by atoms with Gasteiger partial charge in [-0.25, -0.2) is 0 Å². The summed E-state index contributed by atoms with van der Waals surface area (Å²) < 4.78 is 0. The van der Waals surface area contributed by atoms with E-state index in [1.54, 1.807) is 0 Å². The number of nitrogens with zero attached hydrogens (tertiary/aromatic N) is 2. The van der Waals surface area contributed by atoms with Crippen molar-refractivity contribution in [3.05, 3.63) is 21.9 Å². The molecule has 0 N–H and O–H groups in total. The van der Waals surface area contributed by atoms with Gasteiger partial charge in [-0.05, 0) is 6.07 Å². The molecule has 0 saturated heterocycles. The van der Waals surface area contributed by atoms with Gasteiger partial charge < -0.3 is 0 Å². The van der Waals surface area contributed by atoms with E-state index in [0.717, 1.165) is 0 Å². The standard InChI is InChI=1S/C6HN2S/c7-3-5-1-2-9-6(5)4-8/h1H. The summed E-state index contributed by atoms with van der Waals surface area (Å²) in [5.41, 5.74) is 0.419. The summed E-state index contributed by atoms with van der Waals surface area (Å²) >= 11 is 1.17. The average molecular weight is 133 g/mol. The zero-order chi connectivity index (χ0) is 6.69. The van der Waals surface area contributed by atoms with E-state index in [1.807, 2.05) is 12.1 Å². The van der Waals surface area contributed by atoms with Crippen LogP contribution in [0.25, 0.3) is 0 Å². The summed E-state index contributed by atoms with van der Waals surface area (Å²) in [4.78, 5) is 0.442. The lowest BCUT2D eigenvalue weighted by atomic mass is 10.3. The number of hydrogen-bond acceptors (Lipinski definition) is 3. The largest absolute Gasteiger partial charge is 0.192 e. The summed E-state index contributed by atoms with van der Waals surface area (Å²) in [6.45, 7) is 0. The summed E-state index contributed by atoms with van der Waals surface area (Å²) in [5, 5.41) is 19.3. The molecule has 0 fully saturated rings. The maximum Gasteiger partial charge on any atom is 0.123 e. The molecule has 1 aromatic heterocycles. The fourth-order valence-electron chi connectivity index (χ4n) is 0.434. The van der Waals surface area contributed by atoms with Gasteiger partial charge >= 0.3 is 0 Å². The van der Waals surface area contributed by atoms with Gasteiger partial charge in [-0.1, -0.05) is 0 Å². The molecule has 0 spiro atoms. The first kappa shape index (κ1) is 5.81. The first-order valence-electron chi connectivity index (χ1n) is 2.18. The summed E-state index contributed by atoms with van der Waals surface area (Å²) in [6, 6.07) is 5.29. The van der Waals surface area contributed by atoms with Gasteiger partial charge in [0.15, 0.2) is 0 Å². The van der Waals surface area contributed by atoms with E-state index in [0.29, 0.717) is 10.4 Å². The Morgan fingerprint density at radius 3 is 2.67 bits per heavy atom. The van der Waals surface area contributed by atoms with Gasteiger partial charge in [0.25, 0.3) is 0 Å². The smallest absolute Gasteiger partial charge is 0.123 e. The Bertz CT molecular complexity index is 258. The zero-order valence-electron chi connectivity index (χ0n) is 4.38. The molecule has 0 bridgehead atoms. The van der Waals surface area contributed by atoms with Crippen molar-refractivity contribution in [1.29, 1.82) is 10.5 Å². The third-order valence-electron chi connectivity index (χ3n) is 0.831. The van der Waals surface area contributed by atoms with Gasteiger partial charge in [0.05, 0.1) is 5.56 Å². The zero-order valence-corrected chi connectivity index (χ0v) is 5.20. The van der Waals surface area contributed by atoms with Crippen molar-refractivity contribution in [3.63, 3.8) is 0 Å². The second kappa shape index (κ2) is 2.30. The van der Waals surface area contributed by atoms with Crippen molar-refractivity contribution < 1.29 is 0 Å². The SMILES string of the molecule is N#Cc1c[c]sc1C#N. The molecule has 0 aliphatic carbocycles. The minimum atomic E-state index is 0.419. The molecular formula is C6HN2S. The van der Waals surface area contributed by atoms with Crippen LogP contribution in [0.15, 0.2) is 6.07 Å². The van der Waals surface area contributed by atoms with E-state index in [4.69, 9.17) is 10.5 Å². The van der Waals surface area contributed by atoms with Gasteiger partial charge in [-0.3, -0.25) is 0 Å². The van der Waals surface area contributed by atoms with Crippen LogP contribution in [0.5, 0.6) is 0 Å². The molecule has 0 unspecified atom stereocenters. The quantitative estimate of drug-likeness (QED) is 0.535. The van der Waals surface area contributed by atoms with E-state index >= 15 is 0 Å². The van der Waals surface area contributed by atoms with Crippen molar-refractivity contribution in [3.8, 4) is 12.1 Å². The fraction of sp³-hybridized carbons (Fsp3) is 0. The Balaban J connectivity index is 3.22. The van der Waals surface area contributed by atoms with Crippen LogP contribution in [-0.4, -0.2) is 0 Å². The Labute approximate surface area is 56.6 Å². The normalized spacial score (nSPS) is 7.78. The van der Waals surface area contributed by atoms with E-state index in [1.165, 1.54) is 17.4 Å². The molecule has 0 aromatic carbocycles. The minimum absolute atomic E-state index is 0.419. The Morgan fingerprint density at radius 2 is 2.22 bits per heavy atom. The molecule has 0 amide bonds. The van der Waals surface area contributed by atoms with Gasteiger partial charge in [0.2, 0.25) is 0 Å². The number of hydrogen-bond donors (Lipinski definition) is 0. The van der Waals surface area contributed by atoms with E-state index in [-0.39, 0.29) is 0 Å². The van der Waals surface area contributed by atoms with E-state index in [9.17, 15) is 0 Å². The van der Waals surface area contributed by atoms with Crippen molar-refractivity contribution in [2.45, 2.75) is 0 Å². The molecule has 1 radical (unpaired) electrons. The lowest BCUT2D eigenvalue weighted by molar-refractivity contribution is 1.48. The predicted molar refractivity (Wildman–Crippen MR) is 32.6 cm³/mol. The highest BCUT2D eigenvalue weighted by molar-refractivity contribution is 7.10. The highest BCUT2D eigenvalue weighted by Crippen LogP contribution is 2.12. The van der Waals surface area contributed by atoms with Crippen LogP contribution in [0.1, 0.15) is 10.4 Å². The summed E-state index contributed by atoms with van der Waals surface area (Å²) in [7, 11) is 0. The van der Waals surface area contributed by atoms with Crippen LogP contribution >= 0.6 is 11.3 Å². The molecule has 0 aliphatic rings. The lowest BCUT2D eigenvalue weighted by Gasteiger charge is -1.73. The molecule has 1 rings (SSSR count). The molecule has 3 heteroatoms.